The van der Waals surface area contributed by atoms with Gasteiger partial charge in [0.25, 0.3) is 0 Å². The molecular formula is C10H10BrCl. The van der Waals surface area contributed by atoms with Gasteiger partial charge in [0.15, 0.2) is 0 Å². The van der Waals surface area contributed by atoms with E-state index in [2.05, 4.69) is 40.2 Å². The topological polar surface area (TPSA) is 0 Å². The van der Waals surface area contributed by atoms with Crippen molar-refractivity contribution < 1.29 is 0 Å². The largest absolute Gasteiger partial charge is 0.126 e. The van der Waals surface area contributed by atoms with Crippen molar-refractivity contribution in [2.75, 3.05) is 5.88 Å². The molecule has 0 amide bonds. The quantitative estimate of drug-likeness (QED) is 0.696. The average Bonchev–Trinajstić information content (AvgIpc) is 2.85. The molecule has 1 aliphatic rings. The number of alkyl halides is 1. The third kappa shape index (κ3) is 1.67. The van der Waals surface area contributed by atoms with E-state index in [9.17, 15) is 0 Å². The average molecular weight is 246 g/mol. The predicted molar refractivity (Wildman–Crippen MR) is 55.7 cm³/mol. The first kappa shape index (κ1) is 8.58. The van der Waals surface area contributed by atoms with Crippen molar-refractivity contribution in [2.24, 2.45) is 5.92 Å². The lowest BCUT2D eigenvalue weighted by Crippen LogP contribution is -1.83. The summed E-state index contributed by atoms with van der Waals surface area (Å²) >= 11 is 9.19. The lowest BCUT2D eigenvalue weighted by atomic mass is 10.1. The van der Waals surface area contributed by atoms with E-state index in [1.165, 1.54) is 12.0 Å². The van der Waals surface area contributed by atoms with Gasteiger partial charge in [-0.25, -0.2) is 0 Å². The van der Waals surface area contributed by atoms with Gasteiger partial charge in [0.05, 0.1) is 0 Å². The van der Waals surface area contributed by atoms with Gasteiger partial charge in [-0.15, -0.1) is 11.6 Å². The summed E-state index contributed by atoms with van der Waals surface area (Å²) in [6.45, 7) is 0. The normalized spacial score (nSPS) is 27.2. The van der Waals surface area contributed by atoms with Crippen LogP contribution < -0.4 is 0 Å². The molecule has 0 spiro atoms. The van der Waals surface area contributed by atoms with Crippen LogP contribution in [-0.2, 0) is 0 Å². The van der Waals surface area contributed by atoms with Gasteiger partial charge in [-0.1, -0.05) is 28.1 Å². The second-order valence-corrected chi connectivity index (χ2v) is 4.53. The minimum absolute atomic E-state index is 0.729. The summed E-state index contributed by atoms with van der Waals surface area (Å²) < 4.78 is 1.15. The fourth-order valence-corrected chi connectivity index (χ4v) is 2.14. The van der Waals surface area contributed by atoms with Gasteiger partial charge >= 0.3 is 0 Å². The molecule has 1 aromatic carbocycles. The van der Waals surface area contributed by atoms with Gasteiger partial charge in [-0.3, -0.25) is 0 Å². The SMILES string of the molecule is ClCC1CC1c1ccc(Br)cc1. The molecule has 0 aromatic heterocycles. The highest BCUT2D eigenvalue weighted by Gasteiger charge is 2.36. The Kier molecular flexibility index (Phi) is 2.42. The van der Waals surface area contributed by atoms with Crippen LogP contribution in [0.25, 0.3) is 0 Å². The van der Waals surface area contributed by atoms with Gasteiger partial charge in [0, 0.05) is 10.4 Å². The zero-order chi connectivity index (χ0) is 8.55. The highest BCUT2D eigenvalue weighted by molar-refractivity contribution is 9.10. The fraction of sp³-hybridized carbons (Fsp3) is 0.400. The molecule has 1 aromatic rings. The van der Waals surface area contributed by atoms with E-state index in [1.54, 1.807) is 0 Å². The maximum absolute atomic E-state index is 5.77. The molecule has 0 nitrogen and oxygen atoms in total. The molecule has 0 N–H and O–H groups in total. The van der Waals surface area contributed by atoms with Crippen LogP contribution in [0.15, 0.2) is 28.7 Å². The van der Waals surface area contributed by atoms with Crippen molar-refractivity contribution in [1.29, 1.82) is 0 Å². The van der Waals surface area contributed by atoms with Crippen LogP contribution in [0.4, 0.5) is 0 Å². The zero-order valence-electron chi connectivity index (χ0n) is 6.63. The van der Waals surface area contributed by atoms with Gasteiger partial charge in [-0.05, 0) is 36.0 Å². The number of hydrogen-bond donors (Lipinski definition) is 0. The highest BCUT2D eigenvalue weighted by Crippen LogP contribution is 2.47. The molecule has 0 heterocycles. The van der Waals surface area contributed by atoms with Crippen molar-refractivity contribution in [1.82, 2.24) is 0 Å². The van der Waals surface area contributed by atoms with E-state index in [1.807, 2.05) is 0 Å². The molecule has 0 bridgehead atoms. The molecule has 2 heteroatoms. The van der Waals surface area contributed by atoms with E-state index >= 15 is 0 Å². The Morgan fingerprint density at radius 3 is 2.50 bits per heavy atom. The van der Waals surface area contributed by atoms with Crippen LogP contribution >= 0.6 is 27.5 Å². The number of halogens is 2. The Morgan fingerprint density at radius 2 is 2.00 bits per heavy atom. The number of benzene rings is 1. The molecular weight excluding hydrogens is 235 g/mol. The lowest BCUT2D eigenvalue weighted by Gasteiger charge is -1.97. The first-order valence-electron chi connectivity index (χ1n) is 4.12. The third-order valence-electron chi connectivity index (χ3n) is 2.42. The van der Waals surface area contributed by atoms with Crippen LogP contribution in [-0.4, -0.2) is 5.88 Å². The smallest absolute Gasteiger partial charge is 0.0257 e. The van der Waals surface area contributed by atoms with Crippen molar-refractivity contribution in [3.8, 4) is 0 Å². The molecule has 2 atom stereocenters. The van der Waals surface area contributed by atoms with Crippen LogP contribution in [0, 0.1) is 5.92 Å². The molecule has 12 heavy (non-hydrogen) atoms. The first-order chi connectivity index (χ1) is 5.81. The van der Waals surface area contributed by atoms with Gasteiger partial charge in [0.1, 0.15) is 0 Å². The van der Waals surface area contributed by atoms with Crippen LogP contribution in [0.5, 0.6) is 0 Å². The van der Waals surface area contributed by atoms with E-state index in [0.29, 0.717) is 0 Å². The molecule has 1 aliphatic carbocycles. The summed E-state index contributed by atoms with van der Waals surface area (Å²) in [5.74, 6) is 2.27. The molecule has 0 saturated heterocycles. The van der Waals surface area contributed by atoms with Crippen molar-refractivity contribution in [2.45, 2.75) is 12.3 Å². The summed E-state index contributed by atoms with van der Waals surface area (Å²) in [4.78, 5) is 0. The van der Waals surface area contributed by atoms with E-state index in [0.717, 1.165) is 22.2 Å². The molecule has 2 unspecified atom stereocenters. The highest BCUT2D eigenvalue weighted by atomic mass is 79.9. The van der Waals surface area contributed by atoms with Gasteiger partial charge in [0.2, 0.25) is 0 Å². The van der Waals surface area contributed by atoms with Crippen LogP contribution in [0.2, 0.25) is 0 Å². The number of hydrogen-bond acceptors (Lipinski definition) is 0. The summed E-state index contributed by atoms with van der Waals surface area (Å²) in [7, 11) is 0. The standard InChI is InChI=1S/C10H10BrCl/c11-9-3-1-7(2-4-9)10-5-8(10)6-12/h1-4,8,10H,5-6H2. The zero-order valence-corrected chi connectivity index (χ0v) is 8.98. The Bertz CT molecular complexity index is 268. The lowest BCUT2D eigenvalue weighted by molar-refractivity contribution is 0.923. The van der Waals surface area contributed by atoms with Crippen molar-refractivity contribution in [3.63, 3.8) is 0 Å². The summed E-state index contributed by atoms with van der Waals surface area (Å²) in [6.07, 6.45) is 1.27. The summed E-state index contributed by atoms with van der Waals surface area (Å²) in [6, 6.07) is 8.56. The Morgan fingerprint density at radius 1 is 1.33 bits per heavy atom. The van der Waals surface area contributed by atoms with Crippen LogP contribution in [0.3, 0.4) is 0 Å². The Hall–Kier alpha value is -0.0100. The molecule has 1 saturated carbocycles. The second kappa shape index (κ2) is 3.39. The van der Waals surface area contributed by atoms with Crippen molar-refractivity contribution >= 4 is 27.5 Å². The van der Waals surface area contributed by atoms with E-state index in [4.69, 9.17) is 11.6 Å². The third-order valence-corrected chi connectivity index (χ3v) is 3.34. The summed E-state index contributed by atoms with van der Waals surface area (Å²) in [5, 5.41) is 0. The van der Waals surface area contributed by atoms with Crippen LogP contribution in [0.1, 0.15) is 17.9 Å². The minimum Gasteiger partial charge on any atom is -0.126 e. The first-order valence-corrected chi connectivity index (χ1v) is 5.45. The van der Waals surface area contributed by atoms with Gasteiger partial charge < -0.3 is 0 Å². The van der Waals surface area contributed by atoms with Gasteiger partial charge in [-0.2, -0.15) is 0 Å². The second-order valence-electron chi connectivity index (χ2n) is 3.31. The predicted octanol–water partition coefficient (Wildman–Crippen LogP) is 3.79. The maximum Gasteiger partial charge on any atom is 0.0257 e. The maximum atomic E-state index is 5.77. The van der Waals surface area contributed by atoms with E-state index in [-0.39, 0.29) is 0 Å². The molecule has 1 fully saturated rings. The van der Waals surface area contributed by atoms with Crippen molar-refractivity contribution in [3.05, 3.63) is 34.3 Å². The summed E-state index contributed by atoms with van der Waals surface area (Å²) in [5.41, 5.74) is 1.43. The molecule has 64 valence electrons. The van der Waals surface area contributed by atoms with E-state index < -0.39 is 0 Å². The monoisotopic (exact) mass is 244 g/mol. The number of rotatable bonds is 2. The Labute approximate surface area is 86.1 Å². The fourth-order valence-electron chi connectivity index (χ4n) is 1.54. The minimum atomic E-state index is 0.729. The molecule has 0 radical (unpaired) electrons. The molecule has 0 aliphatic heterocycles. The molecule has 2 rings (SSSR count). The Balaban J connectivity index is 2.10.